The molecular formula is C14H14F2N2O. The molecule has 2 unspecified atom stereocenters. The highest BCUT2D eigenvalue weighted by Crippen LogP contribution is 2.42. The van der Waals surface area contributed by atoms with Crippen LogP contribution in [0.4, 0.5) is 8.78 Å². The molecule has 2 fully saturated rings. The first kappa shape index (κ1) is 12.5. The van der Waals surface area contributed by atoms with E-state index in [-0.39, 0.29) is 23.2 Å². The highest BCUT2D eigenvalue weighted by atomic mass is 19.2. The molecule has 1 aromatic carbocycles. The van der Waals surface area contributed by atoms with E-state index < -0.39 is 17.2 Å². The molecule has 3 nitrogen and oxygen atoms in total. The van der Waals surface area contributed by atoms with Gasteiger partial charge in [0.05, 0.1) is 17.2 Å². The predicted octanol–water partition coefficient (Wildman–Crippen LogP) is 1.94. The molecule has 2 aliphatic heterocycles. The number of aliphatic hydroxyl groups is 1. The highest BCUT2D eigenvalue weighted by molar-refractivity contribution is 5.42. The summed E-state index contributed by atoms with van der Waals surface area (Å²) < 4.78 is 26.6. The minimum atomic E-state index is -1.24. The Kier molecular flexibility index (Phi) is 2.80. The number of piperidine rings is 1. The van der Waals surface area contributed by atoms with E-state index in [2.05, 4.69) is 5.32 Å². The van der Waals surface area contributed by atoms with E-state index in [9.17, 15) is 13.9 Å². The lowest BCUT2D eigenvalue weighted by molar-refractivity contribution is -0.0120. The van der Waals surface area contributed by atoms with Crippen molar-refractivity contribution in [2.24, 2.45) is 0 Å². The van der Waals surface area contributed by atoms with Crippen molar-refractivity contribution in [3.8, 4) is 6.07 Å². The van der Waals surface area contributed by atoms with Crippen LogP contribution >= 0.6 is 0 Å². The maximum absolute atomic E-state index is 13.4. The van der Waals surface area contributed by atoms with Gasteiger partial charge < -0.3 is 10.4 Å². The van der Waals surface area contributed by atoms with E-state index in [1.54, 1.807) is 0 Å². The molecule has 0 spiro atoms. The van der Waals surface area contributed by atoms with Crippen molar-refractivity contribution in [3.05, 3.63) is 34.9 Å². The standard InChI is InChI=1S/C14H14F2N2O/c15-12-3-8(7-17)11(4-13(12)16)14(19)5-9-1-2-10(6-14)18-9/h3-4,9-10,18-19H,1-2,5-6H2. The zero-order valence-electron chi connectivity index (χ0n) is 10.3. The third-order valence-corrected chi connectivity index (χ3v) is 4.19. The van der Waals surface area contributed by atoms with Crippen LogP contribution in [0.15, 0.2) is 12.1 Å². The Hall–Kier alpha value is -1.51. The first-order chi connectivity index (χ1) is 9.01. The molecule has 2 atom stereocenters. The summed E-state index contributed by atoms with van der Waals surface area (Å²) in [7, 11) is 0. The Bertz CT molecular complexity index is 555. The Morgan fingerprint density at radius 2 is 1.79 bits per heavy atom. The van der Waals surface area contributed by atoms with Gasteiger partial charge in [0.15, 0.2) is 11.6 Å². The number of nitriles is 1. The maximum Gasteiger partial charge on any atom is 0.160 e. The summed E-state index contributed by atoms with van der Waals surface area (Å²) in [6.07, 6.45) is 2.81. The third-order valence-electron chi connectivity index (χ3n) is 4.19. The lowest BCUT2D eigenvalue weighted by Crippen LogP contribution is -2.47. The summed E-state index contributed by atoms with van der Waals surface area (Å²) in [5.74, 6) is -2.07. The largest absolute Gasteiger partial charge is 0.385 e. The minimum Gasteiger partial charge on any atom is -0.385 e. The number of nitrogens with one attached hydrogen (secondary N) is 1. The zero-order chi connectivity index (χ0) is 13.6. The van der Waals surface area contributed by atoms with Gasteiger partial charge in [-0.2, -0.15) is 5.26 Å². The van der Waals surface area contributed by atoms with Gasteiger partial charge in [0.2, 0.25) is 0 Å². The van der Waals surface area contributed by atoms with Crippen LogP contribution in [0, 0.1) is 23.0 Å². The van der Waals surface area contributed by atoms with Gasteiger partial charge in [-0.15, -0.1) is 0 Å². The van der Waals surface area contributed by atoms with E-state index in [0.717, 1.165) is 25.0 Å². The summed E-state index contributed by atoms with van der Waals surface area (Å²) in [6.45, 7) is 0. The number of fused-ring (bicyclic) bond motifs is 2. The number of rotatable bonds is 1. The topological polar surface area (TPSA) is 56.0 Å². The fourth-order valence-electron chi connectivity index (χ4n) is 3.37. The molecule has 19 heavy (non-hydrogen) atoms. The van der Waals surface area contributed by atoms with Crippen LogP contribution in [0.5, 0.6) is 0 Å². The van der Waals surface area contributed by atoms with Crippen LogP contribution in [0.3, 0.4) is 0 Å². The SMILES string of the molecule is N#Cc1cc(F)c(F)cc1C1(O)CC2CCC(C1)N2. The second-order valence-electron chi connectivity index (χ2n) is 5.50. The van der Waals surface area contributed by atoms with E-state index in [1.807, 2.05) is 6.07 Å². The smallest absolute Gasteiger partial charge is 0.160 e. The van der Waals surface area contributed by atoms with E-state index in [0.29, 0.717) is 12.8 Å². The van der Waals surface area contributed by atoms with Crippen molar-refractivity contribution in [3.63, 3.8) is 0 Å². The number of nitrogens with zero attached hydrogens (tertiary/aromatic N) is 1. The molecule has 2 N–H and O–H groups in total. The summed E-state index contributed by atoms with van der Waals surface area (Å²) in [5.41, 5.74) is -1.01. The average Bonchev–Trinajstić information content (AvgIpc) is 2.72. The van der Waals surface area contributed by atoms with Crippen molar-refractivity contribution < 1.29 is 13.9 Å². The fourth-order valence-corrected chi connectivity index (χ4v) is 3.37. The van der Waals surface area contributed by atoms with Crippen molar-refractivity contribution in [1.82, 2.24) is 5.32 Å². The number of hydrogen-bond donors (Lipinski definition) is 2. The van der Waals surface area contributed by atoms with Gasteiger partial charge in [0.1, 0.15) is 0 Å². The molecule has 0 saturated carbocycles. The zero-order valence-corrected chi connectivity index (χ0v) is 10.3. The van der Waals surface area contributed by atoms with Crippen LogP contribution in [-0.4, -0.2) is 17.2 Å². The van der Waals surface area contributed by atoms with Gasteiger partial charge in [-0.3, -0.25) is 0 Å². The fraction of sp³-hybridized carbons (Fsp3) is 0.500. The Morgan fingerprint density at radius 3 is 2.37 bits per heavy atom. The molecule has 1 aromatic rings. The number of benzene rings is 1. The highest BCUT2D eigenvalue weighted by Gasteiger charge is 2.44. The molecule has 0 radical (unpaired) electrons. The van der Waals surface area contributed by atoms with Gasteiger partial charge in [0, 0.05) is 17.6 Å². The van der Waals surface area contributed by atoms with Gasteiger partial charge in [-0.25, -0.2) is 8.78 Å². The lowest BCUT2D eigenvalue weighted by atomic mass is 9.79. The van der Waals surface area contributed by atoms with Crippen molar-refractivity contribution >= 4 is 0 Å². The number of hydrogen-bond acceptors (Lipinski definition) is 3. The van der Waals surface area contributed by atoms with Crippen molar-refractivity contribution in [2.75, 3.05) is 0 Å². The first-order valence-corrected chi connectivity index (χ1v) is 6.40. The Morgan fingerprint density at radius 1 is 1.21 bits per heavy atom. The molecule has 2 aliphatic rings. The summed E-state index contributed by atoms with van der Waals surface area (Å²) >= 11 is 0. The number of halogens is 2. The average molecular weight is 264 g/mol. The van der Waals surface area contributed by atoms with Crippen molar-refractivity contribution in [1.29, 1.82) is 5.26 Å². The Balaban J connectivity index is 2.06. The molecule has 2 heterocycles. The quantitative estimate of drug-likeness (QED) is 0.815. The van der Waals surface area contributed by atoms with Crippen molar-refractivity contribution in [2.45, 2.75) is 43.4 Å². The first-order valence-electron chi connectivity index (χ1n) is 6.40. The van der Waals surface area contributed by atoms with Gasteiger partial charge in [-0.05, 0) is 37.8 Å². The van der Waals surface area contributed by atoms with Gasteiger partial charge >= 0.3 is 0 Å². The third kappa shape index (κ3) is 2.01. The normalized spacial score (nSPS) is 33.2. The van der Waals surface area contributed by atoms with Gasteiger partial charge in [0.25, 0.3) is 0 Å². The molecule has 3 rings (SSSR count). The van der Waals surface area contributed by atoms with E-state index in [4.69, 9.17) is 5.26 Å². The van der Waals surface area contributed by atoms with Crippen LogP contribution in [0.2, 0.25) is 0 Å². The second-order valence-corrected chi connectivity index (χ2v) is 5.50. The molecule has 2 saturated heterocycles. The molecule has 0 aromatic heterocycles. The molecular weight excluding hydrogens is 250 g/mol. The molecule has 100 valence electrons. The second kappa shape index (κ2) is 4.26. The molecule has 0 amide bonds. The molecule has 0 aliphatic carbocycles. The molecule has 2 bridgehead atoms. The molecule has 5 heteroatoms. The summed E-state index contributed by atoms with van der Waals surface area (Å²) in [4.78, 5) is 0. The van der Waals surface area contributed by atoms with Crippen LogP contribution < -0.4 is 5.32 Å². The summed E-state index contributed by atoms with van der Waals surface area (Å²) in [5, 5.41) is 23.2. The van der Waals surface area contributed by atoms with Crippen LogP contribution in [0.25, 0.3) is 0 Å². The van der Waals surface area contributed by atoms with Gasteiger partial charge in [-0.1, -0.05) is 0 Å². The van der Waals surface area contributed by atoms with Crippen LogP contribution in [-0.2, 0) is 5.60 Å². The predicted molar refractivity (Wildman–Crippen MR) is 64.1 cm³/mol. The minimum absolute atomic E-state index is 0.0164. The lowest BCUT2D eigenvalue weighted by Gasteiger charge is -2.38. The van der Waals surface area contributed by atoms with Crippen LogP contribution in [0.1, 0.15) is 36.8 Å². The van der Waals surface area contributed by atoms with E-state index >= 15 is 0 Å². The van der Waals surface area contributed by atoms with E-state index in [1.165, 1.54) is 0 Å². The maximum atomic E-state index is 13.4. The monoisotopic (exact) mass is 264 g/mol. The Labute approximate surface area is 109 Å². The summed E-state index contributed by atoms with van der Waals surface area (Å²) in [6, 6.07) is 4.06.